The normalized spacial score (nSPS) is 19.4. The van der Waals surface area contributed by atoms with Crippen molar-refractivity contribution < 1.29 is 28.2 Å². The lowest BCUT2D eigenvalue weighted by Gasteiger charge is -2.23. The van der Waals surface area contributed by atoms with Crippen LogP contribution in [0, 0.1) is 17.6 Å². The molecule has 1 N–H and O–H groups in total. The van der Waals surface area contributed by atoms with Gasteiger partial charge in [0.05, 0.1) is 5.92 Å². The Morgan fingerprint density at radius 2 is 1.73 bits per heavy atom. The lowest BCUT2D eigenvalue weighted by atomic mass is 10.0. The van der Waals surface area contributed by atoms with E-state index in [1.807, 2.05) is 0 Å². The molecule has 2 aromatic rings. The lowest BCUT2D eigenvalue weighted by Crippen LogP contribution is -2.37. The van der Waals surface area contributed by atoms with Crippen molar-refractivity contribution in [3.05, 3.63) is 59.7 Å². The van der Waals surface area contributed by atoms with Crippen LogP contribution in [0.2, 0.25) is 0 Å². The molecule has 0 bridgehead atoms. The van der Waals surface area contributed by atoms with Gasteiger partial charge < -0.3 is 14.7 Å². The summed E-state index contributed by atoms with van der Waals surface area (Å²) in [7, 11) is 0. The van der Waals surface area contributed by atoms with E-state index in [1.54, 1.807) is 36.1 Å². The van der Waals surface area contributed by atoms with Gasteiger partial charge in [0.2, 0.25) is 0 Å². The van der Waals surface area contributed by atoms with Crippen LogP contribution >= 0.6 is 0 Å². The Morgan fingerprint density at radius 3 is 2.31 bits per heavy atom. The first-order chi connectivity index (χ1) is 12.4. The Hall–Kier alpha value is -2.96. The predicted molar refractivity (Wildman–Crippen MR) is 89.1 cm³/mol. The first kappa shape index (κ1) is 17.8. The lowest BCUT2D eigenvalue weighted by molar-refractivity contribution is -0.142. The molecule has 1 heterocycles. The average Bonchev–Trinajstić information content (AvgIpc) is 3.00. The van der Waals surface area contributed by atoms with Crippen LogP contribution in [0.15, 0.2) is 42.5 Å². The quantitative estimate of drug-likeness (QED) is 0.902. The Balaban J connectivity index is 1.70. The number of carboxylic acid groups (broad SMARTS) is 1. The number of hydrogen-bond donors (Lipinski definition) is 1. The van der Waals surface area contributed by atoms with E-state index in [4.69, 9.17) is 9.84 Å². The third kappa shape index (κ3) is 3.51. The minimum absolute atomic E-state index is 0.139. The molecule has 3 rings (SSSR count). The molecule has 26 heavy (non-hydrogen) atoms. The van der Waals surface area contributed by atoms with Gasteiger partial charge in [0.25, 0.3) is 5.91 Å². The van der Waals surface area contributed by atoms with E-state index >= 15 is 0 Å². The van der Waals surface area contributed by atoms with E-state index in [2.05, 4.69) is 0 Å². The molecule has 136 valence electrons. The van der Waals surface area contributed by atoms with Crippen LogP contribution < -0.4 is 4.74 Å². The molecule has 1 aliphatic rings. The summed E-state index contributed by atoms with van der Waals surface area (Å²) in [6.45, 7) is 2.12. The maximum atomic E-state index is 13.2. The molecular weight excluding hydrogens is 344 g/mol. The molecule has 2 aromatic carbocycles. The van der Waals surface area contributed by atoms with Gasteiger partial charge >= 0.3 is 5.97 Å². The van der Waals surface area contributed by atoms with E-state index < -0.39 is 23.5 Å². The zero-order valence-corrected chi connectivity index (χ0v) is 14.0. The number of halogens is 2. The molecule has 0 spiro atoms. The smallest absolute Gasteiger partial charge is 0.308 e. The topological polar surface area (TPSA) is 66.8 Å². The van der Waals surface area contributed by atoms with Gasteiger partial charge in [-0.2, -0.15) is 0 Å². The van der Waals surface area contributed by atoms with Crippen molar-refractivity contribution in [1.29, 1.82) is 0 Å². The van der Waals surface area contributed by atoms with Gasteiger partial charge in [-0.15, -0.1) is 0 Å². The van der Waals surface area contributed by atoms with Crippen molar-refractivity contribution >= 4 is 11.9 Å². The van der Waals surface area contributed by atoms with E-state index in [0.717, 1.165) is 12.1 Å². The molecule has 0 radical (unpaired) electrons. The van der Waals surface area contributed by atoms with Gasteiger partial charge in [-0.05, 0) is 49.7 Å². The monoisotopic (exact) mass is 361 g/mol. The Labute approximate surface area is 148 Å². The summed E-state index contributed by atoms with van der Waals surface area (Å²) in [6.07, 6.45) is 0.430. The molecule has 0 aromatic heterocycles. The minimum Gasteiger partial charge on any atom is -0.481 e. The SMILES string of the molecule is CC1C(C(=O)O)CCN1C(=O)c1ccc(Oc2ccc(F)c(F)c2)cc1. The first-order valence-corrected chi connectivity index (χ1v) is 8.13. The molecule has 1 fully saturated rings. The number of carbonyl (C=O) groups excluding carboxylic acids is 1. The zero-order chi connectivity index (χ0) is 18.8. The number of carbonyl (C=O) groups is 2. The van der Waals surface area contributed by atoms with Crippen LogP contribution in [-0.2, 0) is 4.79 Å². The third-order valence-electron chi connectivity index (χ3n) is 4.56. The molecule has 1 amide bonds. The maximum Gasteiger partial charge on any atom is 0.308 e. The Morgan fingerprint density at radius 1 is 1.08 bits per heavy atom. The summed E-state index contributed by atoms with van der Waals surface area (Å²) in [5.41, 5.74) is 0.403. The summed E-state index contributed by atoms with van der Waals surface area (Å²) in [4.78, 5) is 25.3. The van der Waals surface area contributed by atoms with E-state index in [9.17, 15) is 18.4 Å². The summed E-state index contributed by atoms with van der Waals surface area (Å²) in [6, 6.07) is 9.03. The number of carboxylic acids is 1. The Kier molecular flexibility index (Phi) is 4.88. The fourth-order valence-corrected chi connectivity index (χ4v) is 3.06. The van der Waals surface area contributed by atoms with Crippen molar-refractivity contribution in [2.24, 2.45) is 5.92 Å². The van der Waals surface area contributed by atoms with Crippen molar-refractivity contribution in [2.75, 3.05) is 6.54 Å². The van der Waals surface area contributed by atoms with Gasteiger partial charge in [-0.3, -0.25) is 9.59 Å². The number of hydrogen-bond acceptors (Lipinski definition) is 3. The number of ether oxygens (including phenoxy) is 1. The van der Waals surface area contributed by atoms with Crippen LogP contribution in [0.25, 0.3) is 0 Å². The van der Waals surface area contributed by atoms with Crippen molar-refractivity contribution in [3.63, 3.8) is 0 Å². The van der Waals surface area contributed by atoms with Crippen LogP contribution in [-0.4, -0.2) is 34.5 Å². The average molecular weight is 361 g/mol. The highest BCUT2D eigenvalue weighted by molar-refractivity contribution is 5.95. The van der Waals surface area contributed by atoms with Gasteiger partial charge in [0, 0.05) is 24.2 Å². The molecular formula is C19H17F2NO4. The highest BCUT2D eigenvalue weighted by atomic mass is 19.2. The van der Waals surface area contributed by atoms with E-state index in [0.29, 0.717) is 24.3 Å². The largest absolute Gasteiger partial charge is 0.481 e. The van der Waals surface area contributed by atoms with Gasteiger partial charge in [0.1, 0.15) is 11.5 Å². The standard InChI is InChI=1S/C19H17F2NO4/c1-11-15(19(24)25)8-9-22(11)18(23)12-2-4-13(5-3-12)26-14-6-7-16(20)17(21)10-14/h2-7,10-11,15H,8-9H2,1H3,(H,24,25). The highest BCUT2D eigenvalue weighted by Gasteiger charge is 2.38. The van der Waals surface area contributed by atoms with E-state index in [1.165, 1.54) is 6.07 Å². The number of benzene rings is 2. The number of nitrogens with zero attached hydrogens (tertiary/aromatic N) is 1. The second kappa shape index (κ2) is 7.11. The second-order valence-electron chi connectivity index (χ2n) is 6.17. The summed E-state index contributed by atoms with van der Waals surface area (Å²) < 4.78 is 31.6. The van der Waals surface area contributed by atoms with E-state index in [-0.39, 0.29) is 17.7 Å². The minimum atomic E-state index is -1.01. The summed E-state index contributed by atoms with van der Waals surface area (Å²) in [5.74, 6) is -3.17. The molecule has 5 nitrogen and oxygen atoms in total. The van der Waals surface area contributed by atoms with Crippen LogP contribution in [0.3, 0.4) is 0 Å². The number of aliphatic carboxylic acids is 1. The van der Waals surface area contributed by atoms with Gasteiger partial charge in [-0.25, -0.2) is 8.78 Å². The first-order valence-electron chi connectivity index (χ1n) is 8.13. The molecule has 2 atom stereocenters. The van der Waals surface area contributed by atoms with Crippen molar-refractivity contribution in [1.82, 2.24) is 4.90 Å². The van der Waals surface area contributed by atoms with Crippen LogP contribution in [0.4, 0.5) is 8.78 Å². The molecule has 1 saturated heterocycles. The predicted octanol–water partition coefficient (Wildman–Crippen LogP) is 3.69. The summed E-state index contributed by atoms with van der Waals surface area (Å²) >= 11 is 0. The highest BCUT2D eigenvalue weighted by Crippen LogP contribution is 2.27. The number of amides is 1. The molecule has 0 saturated carbocycles. The van der Waals surface area contributed by atoms with Gasteiger partial charge in [0.15, 0.2) is 11.6 Å². The number of rotatable bonds is 4. The molecule has 7 heteroatoms. The second-order valence-corrected chi connectivity index (χ2v) is 6.17. The Bertz CT molecular complexity index is 838. The zero-order valence-electron chi connectivity index (χ0n) is 14.0. The fourth-order valence-electron chi connectivity index (χ4n) is 3.06. The molecule has 2 unspecified atom stereocenters. The number of likely N-dealkylation sites (tertiary alicyclic amines) is 1. The van der Waals surface area contributed by atoms with Crippen molar-refractivity contribution in [2.45, 2.75) is 19.4 Å². The van der Waals surface area contributed by atoms with Crippen LogP contribution in [0.1, 0.15) is 23.7 Å². The molecule has 0 aliphatic carbocycles. The molecule has 1 aliphatic heterocycles. The fraction of sp³-hybridized carbons (Fsp3) is 0.263. The third-order valence-corrected chi connectivity index (χ3v) is 4.56. The van der Waals surface area contributed by atoms with Crippen LogP contribution in [0.5, 0.6) is 11.5 Å². The maximum absolute atomic E-state index is 13.2. The van der Waals surface area contributed by atoms with Gasteiger partial charge in [-0.1, -0.05) is 0 Å². The summed E-state index contributed by atoms with van der Waals surface area (Å²) in [5, 5.41) is 9.16. The van der Waals surface area contributed by atoms with Crippen molar-refractivity contribution in [3.8, 4) is 11.5 Å².